The Kier molecular flexibility index (Phi) is 4.70. The standard InChI is InChI=1S/C13H23N4O2/c1-12(2,8-15-9-13(3,4)19-5)17-7-6-16-11(17)10(14)18/h7,15H,8-9H2,1-5H3,(H2,14,18). The van der Waals surface area contributed by atoms with E-state index in [1.54, 1.807) is 17.9 Å². The van der Waals surface area contributed by atoms with E-state index < -0.39 is 5.91 Å². The monoisotopic (exact) mass is 267 g/mol. The van der Waals surface area contributed by atoms with Gasteiger partial charge in [-0.25, -0.2) is 4.98 Å². The molecule has 6 nitrogen and oxygen atoms in total. The minimum absolute atomic E-state index is 0.220. The first kappa shape index (κ1) is 15.7. The highest BCUT2D eigenvalue weighted by Crippen LogP contribution is 2.16. The zero-order valence-electron chi connectivity index (χ0n) is 12.3. The van der Waals surface area contributed by atoms with E-state index in [9.17, 15) is 4.79 Å². The third kappa shape index (κ3) is 4.04. The molecule has 0 saturated carbocycles. The van der Waals surface area contributed by atoms with Gasteiger partial charge < -0.3 is 20.4 Å². The minimum Gasteiger partial charge on any atom is -0.377 e. The van der Waals surface area contributed by atoms with Gasteiger partial charge in [0, 0.05) is 26.4 Å². The molecule has 1 aromatic heterocycles. The van der Waals surface area contributed by atoms with E-state index >= 15 is 0 Å². The summed E-state index contributed by atoms with van der Waals surface area (Å²) in [6.45, 7) is 9.38. The predicted molar refractivity (Wildman–Crippen MR) is 72.9 cm³/mol. The summed E-state index contributed by atoms with van der Waals surface area (Å²) < 4.78 is 7.08. The van der Waals surface area contributed by atoms with Crippen LogP contribution in [0, 0.1) is 6.20 Å². The maximum Gasteiger partial charge on any atom is 0.284 e. The van der Waals surface area contributed by atoms with Crippen LogP contribution in [-0.4, -0.2) is 41.3 Å². The Balaban J connectivity index is 2.71. The average molecular weight is 267 g/mol. The number of imidazole rings is 1. The van der Waals surface area contributed by atoms with Crippen LogP contribution in [0.5, 0.6) is 0 Å². The quantitative estimate of drug-likeness (QED) is 0.755. The van der Waals surface area contributed by atoms with E-state index in [2.05, 4.69) is 16.5 Å². The lowest BCUT2D eigenvalue weighted by atomic mass is 10.0. The lowest BCUT2D eigenvalue weighted by molar-refractivity contribution is 0.0217. The molecule has 19 heavy (non-hydrogen) atoms. The molecule has 1 aromatic rings. The smallest absolute Gasteiger partial charge is 0.284 e. The number of nitrogens with one attached hydrogen (secondary N) is 1. The van der Waals surface area contributed by atoms with Crippen molar-refractivity contribution in [1.82, 2.24) is 14.9 Å². The van der Waals surface area contributed by atoms with Gasteiger partial charge in [-0.3, -0.25) is 4.79 Å². The summed E-state index contributed by atoms with van der Waals surface area (Å²) in [5, 5.41) is 3.33. The van der Waals surface area contributed by atoms with Gasteiger partial charge in [-0.2, -0.15) is 0 Å². The van der Waals surface area contributed by atoms with Gasteiger partial charge in [-0.1, -0.05) is 0 Å². The van der Waals surface area contributed by atoms with Crippen molar-refractivity contribution in [2.45, 2.75) is 38.8 Å². The molecule has 6 heteroatoms. The fourth-order valence-electron chi connectivity index (χ4n) is 1.72. The SMILES string of the molecule is COC(C)(C)CNCC(C)(C)n1c[c]nc1C(N)=O. The number of carbonyl (C=O) groups excluding carboxylic acids is 1. The molecule has 0 aliphatic rings. The van der Waals surface area contributed by atoms with Gasteiger partial charge in [0.25, 0.3) is 5.91 Å². The Morgan fingerprint density at radius 2 is 2.11 bits per heavy atom. The number of carbonyl (C=O) groups is 1. The highest BCUT2D eigenvalue weighted by atomic mass is 16.5. The van der Waals surface area contributed by atoms with Gasteiger partial charge in [0.05, 0.1) is 11.1 Å². The van der Waals surface area contributed by atoms with Crippen LogP contribution in [-0.2, 0) is 10.3 Å². The summed E-state index contributed by atoms with van der Waals surface area (Å²) in [5.74, 6) is -0.329. The van der Waals surface area contributed by atoms with Gasteiger partial charge in [0.15, 0.2) is 5.82 Å². The molecule has 0 unspecified atom stereocenters. The number of amides is 1. The van der Waals surface area contributed by atoms with Crippen molar-refractivity contribution >= 4 is 5.91 Å². The largest absolute Gasteiger partial charge is 0.377 e. The van der Waals surface area contributed by atoms with Gasteiger partial charge >= 0.3 is 0 Å². The van der Waals surface area contributed by atoms with E-state index in [0.29, 0.717) is 13.1 Å². The van der Waals surface area contributed by atoms with Crippen molar-refractivity contribution in [2.24, 2.45) is 5.73 Å². The molecule has 1 amide bonds. The van der Waals surface area contributed by atoms with E-state index in [4.69, 9.17) is 10.5 Å². The highest BCUT2D eigenvalue weighted by molar-refractivity contribution is 5.89. The Hall–Kier alpha value is -1.40. The molecular formula is C13H23N4O2. The Morgan fingerprint density at radius 3 is 2.63 bits per heavy atom. The van der Waals surface area contributed by atoms with Crippen LogP contribution in [0.15, 0.2) is 6.20 Å². The molecule has 0 aromatic carbocycles. The summed E-state index contributed by atoms with van der Waals surface area (Å²) in [4.78, 5) is 15.2. The molecule has 1 heterocycles. The van der Waals surface area contributed by atoms with Crippen molar-refractivity contribution in [3.05, 3.63) is 18.2 Å². The van der Waals surface area contributed by atoms with Crippen LogP contribution in [0.4, 0.5) is 0 Å². The van der Waals surface area contributed by atoms with Crippen molar-refractivity contribution in [2.75, 3.05) is 20.2 Å². The van der Waals surface area contributed by atoms with E-state index in [0.717, 1.165) is 0 Å². The van der Waals surface area contributed by atoms with Crippen molar-refractivity contribution in [1.29, 1.82) is 0 Å². The summed E-state index contributed by atoms with van der Waals surface area (Å²) in [5.41, 5.74) is 4.73. The normalized spacial score (nSPS) is 12.7. The average Bonchev–Trinajstić information content (AvgIpc) is 2.78. The number of nitrogens with zero attached hydrogens (tertiary/aromatic N) is 2. The zero-order chi connectivity index (χ0) is 14.7. The molecule has 0 fully saturated rings. The van der Waals surface area contributed by atoms with E-state index in [-0.39, 0.29) is 17.0 Å². The predicted octanol–water partition coefficient (Wildman–Crippen LogP) is 0.532. The lowest BCUT2D eigenvalue weighted by Crippen LogP contribution is -2.45. The maximum absolute atomic E-state index is 11.3. The number of ether oxygens (including phenoxy) is 1. The topological polar surface area (TPSA) is 82.2 Å². The molecule has 0 atom stereocenters. The molecule has 0 aliphatic heterocycles. The number of primary amides is 1. The molecule has 0 bridgehead atoms. The fraction of sp³-hybridized carbons (Fsp3) is 0.692. The third-order valence-corrected chi connectivity index (χ3v) is 3.12. The number of methoxy groups -OCH3 is 1. The van der Waals surface area contributed by atoms with Crippen LogP contribution in [0.1, 0.15) is 38.3 Å². The van der Waals surface area contributed by atoms with Crippen LogP contribution in [0.2, 0.25) is 0 Å². The molecule has 3 N–H and O–H groups in total. The summed E-state index contributed by atoms with van der Waals surface area (Å²) in [6.07, 6.45) is 4.31. The van der Waals surface area contributed by atoms with Crippen LogP contribution in [0.25, 0.3) is 0 Å². The van der Waals surface area contributed by atoms with E-state index in [1.807, 2.05) is 27.7 Å². The zero-order valence-corrected chi connectivity index (χ0v) is 12.3. The number of hydrogen-bond acceptors (Lipinski definition) is 4. The molecule has 0 saturated heterocycles. The van der Waals surface area contributed by atoms with Crippen LogP contribution < -0.4 is 11.1 Å². The van der Waals surface area contributed by atoms with Crippen molar-refractivity contribution < 1.29 is 9.53 Å². The van der Waals surface area contributed by atoms with E-state index in [1.165, 1.54) is 0 Å². The molecule has 1 radical (unpaired) electrons. The summed E-state index contributed by atoms with van der Waals surface area (Å²) in [6, 6.07) is 0. The molecule has 0 aliphatic carbocycles. The first-order valence-corrected chi connectivity index (χ1v) is 6.21. The maximum atomic E-state index is 11.3. The van der Waals surface area contributed by atoms with Gasteiger partial charge in [0.2, 0.25) is 0 Å². The second-order valence-corrected chi connectivity index (χ2v) is 5.81. The molecule has 107 valence electrons. The Bertz CT molecular complexity index is 438. The highest BCUT2D eigenvalue weighted by Gasteiger charge is 2.26. The number of hydrogen-bond donors (Lipinski definition) is 2. The Labute approximate surface area is 114 Å². The fourth-order valence-corrected chi connectivity index (χ4v) is 1.72. The van der Waals surface area contributed by atoms with Gasteiger partial charge in [-0.15, -0.1) is 0 Å². The molecule has 1 rings (SSSR count). The molecule has 0 spiro atoms. The summed E-state index contributed by atoms with van der Waals surface area (Å²) >= 11 is 0. The van der Waals surface area contributed by atoms with Gasteiger partial charge in [0.1, 0.15) is 6.20 Å². The number of nitrogens with two attached hydrogens (primary N) is 1. The second-order valence-electron chi connectivity index (χ2n) is 5.81. The molecular weight excluding hydrogens is 244 g/mol. The van der Waals surface area contributed by atoms with Crippen molar-refractivity contribution in [3.63, 3.8) is 0 Å². The minimum atomic E-state index is -0.549. The second kappa shape index (κ2) is 5.71. The van der Waals surface area contributed by atoms with Crippen molar-refractivity contribution in [3.8, 4) is 0 Å². The summed E-state index contributed by atoms with van der Waals surface area (Å²) in [7, 11) is 1.68. The number of rotatable bonds is 7. The first-order chi connectivity index (χ1) is 8.69. The lowest BCUT2D eigenvalue weighted by Gasteiger charge is -2.31. The van der Waals surface area contributed by atoms with Crippen LogP contribution >= 0.6 is 0 Å². The van der Waals surface area contributed by atoms with Gasteiger partial charge in [-0.05, 0) is 27.7 Å². The van der Waals surface area contributed by atoms with Crippen LogP contribution in [0.3, 0.4) is 0 Å². The first-order valence-electron chi connectivity index (χ1n) is 6.21. The third-order valence-electron chi connectivity index (χ3n) is 3.12. The Morgan fingerprint density at radius 1 is 1.47 bits per heavy atom. The number of aromatic nitrogens is 2.